The van der Waals surface area contributed by atoms with Crippen LogP contribution in [0, 0.1) is 0 Å². The van der Waals surface area contributed by atoms with Crippen molar-refractivity contribution in [3.05, 3.63) is 42.2 Å². The molecular formula is C15H18N2O2. The lowest BCUT2D eigenvalue weighted by molar-refractivity contribution is 0.297. The van der Waals surface area contributed by atoms with E-state index in [1.165, 1.54) is 5.56 Å². The molecule has 0 atom stereocenters. The zero-order valence-corrected chi connectivity index (χ0v) is 11.1. The number of rotatable bonds is 3. The fourth-order valence-corrected chi connectivity index (χ4v) is 2.14. The van der Waals surface area contributed by atoms with E-state index in [1.807, 2.05) is 36.0 Å². The number of nitrogens with one attached hydrogen (secondary N) is 1. The maximum absolute atomic E-state index is 5.68. The number of hydrogen-bond acceptors (Lipinski definition) is 3. The van der Waals surface area contributed by atoms with Crippen LogP contribution in [0.1, 0.15) is 12.0 Å². The number of ether oxygens (including phenoxy) is 2. The van der Waals surface area contributed by atoms with Crippen LogP contribution in [0.3, 0.4) is 0 Å². The maximum atomic E-state index is 5.68. The predicted molar refractivity (Wildman–Crippen MR) is 74.8 cm³/mol. The number of nitrogens with zero attached hydrogens (tertiary/aromatic N) is 1. The SMILES string of the molecule is Cn1ccc(CNc2ccc3c(c2)OCCCO3)c1. The van der Waals surface area contributed by atoms with Crippen LogP contribution in [0.25, 0.3) is 0 Å². The van der Waals surface area contributed by atoms with E-state index >= 15 is 0 Å². The van der Waals surface area contributed by atoms with Gasteiger partial charge in [-0.1, -0.05) is 0 Å². The van der Waals surface area contributed by atoms with E-state index in [4.69, 9.17) is 9.47 Å². The molecule has 2 aromatic rings. The first kappa shape index (κ1) is 12.0. The van der Waals surface area contributed by atoms with Crippen LogP contribution in [0.4, 0.5) is 5.69 Å². The van der Waals surface area contributed by atoms with Gasteiger partial charge >= 0.3 is 0 Å². The van der Waals surface area contributed by atoms with Crippen molar-refractivity contribution in [1.82, 2.24) is 4.57 Å². The molecule has 3 rings (SSSR count). The fourth-order valence-electron chi connectivity index (χ4n) is 2.14. The molecule has 0 radical (unpaired) electrons. The minimum atomic E-state index is 0.717. The Morgan fingerprint density at radius 3 is 2.79 bits per heavy atom. The van der Waals surface area contributed by atoms with Crippen LogP contribution in [0.5, 0.6) is 11.5 Å². The molecule has 4 heteroatoms. The van der Waals surface area contributed by atoms with E-state index in [-0.39, 0.29) is 0 Å². The first-order valence-corrected chi connectivity index (χ1v) is 6.56. The number of hydrogen-bond donors (Lipinski definition) is 1. The average molecular weight is 258 g/mol. The predicted octanol–water partition coefficient (Wildman–Crippen LogP) is 2.80. The highest BCUT2D eigenvalue weighted by Crippen LogP contribution is 2.32. The van der Waals surface area contributed by atoms with E-state index in [1.54, 1.807) is 0 Å². The normalized spacial score (nSPS) is 13.9. The van der Waals surface area contributed by atoms with Crippen molar-refractivity contribution in [1.29, 1.82) is 0 Å². The lowest BCUT2D eigenvalue weighted by atomic mass is 10.2. The third-order valence-corrected chi connectivity index (χ3v) is 3.14. The van der Waals surface area contributed by atoms with Gasteiger partial charge in [0.1, 0.15) is 0 Å². The second-order valence-electron chi connectivity index (χ2n) is 4.75. The van der Waals surface area contributed by atoms with E-state index in [2.05, 4.69) is 17.6 Å². The zero-order chi connectivity index (χ0) is 13.1. The molecule has 0 saturated carbocycles. The molecule has 0 amide bonds. The summed E-state index contributed by atoms with van der Waals surface area (Å²) in [6, 6.07) is 8.10. The first-order chi connectivity index (χ1) is 9.31. The van der Waals surface area contributed by atoms with E-state index in [0.717, 1.165) is 43.4 Å². The second-order valence-corrected chi connectivity index (χ2v) is 4.75. The van der Waals surface area contributed by atoms with Crippen LogP contribution in [-0.2, 0) is 13.6 Å². The van der Waals surface area contributed by atoms with Crippen molar-refractivity contribution in [2.24, 2.45) is 7.05 Å². The van der Waals surface area contributed by atoms with Gasteiger partial charge in [0.05, 0.1) is 13.2 Å². The summed E-state index contributed by atoms with van der Waals surface area (Å²) >= 11 is 0. The highest BCUT2D eigenvalue weighted by molar-refractivity contribution is 5.55. The van der Waals surface area contributed by atoms with Gasteiger partial charge in [0, 0.05) is 44.2 Å². The highest BCUT2D eigenvalue weighted by Gasteiger charge is 2.10. The summed E-state index contributed by atoms with van der Waals surface area (Å²) in [7, 11) is 2.02. The molecule has 2 heterocycles. The van der Waals surface area contributed by atoms with Gasteiger partial charge in [0.2, 0.25) is 0 Å². The van der Waals surface area contributed by atoms with Gasteiger partial charge in [-0.3, -0.25) is 0 Å². The molecule has 0 aliphatic carbocycles. The lowest BCUT2D eigenvalue weighted by Gasteiger charge is -2.10. The Morgan fingerprint density at radius 2 is 2.00 bits per heavy atom. The Labute approximate surface area is 113 Å². The Hall–Kier alpha value is -2.10. The fraction of sp³-hybridized carbons (Fsp3) is 0.333. The summed E-state index contributed by atoms with van der Waals surface area (Å²) in [6.07, 6.45) is 5.09. The topological polar surface area (TPSA) is 35.4 Å². The zero-order valence-electron chi connectivity index (χ0n) is 11.1. The summed E-state index contributed by atoms with van der Waals surface area (Å²) in [6.45, 7) is 2.25. The molecule has 0 fully saturated rings. The Kier molecular flexibility index (Phi) is 3.31. The number of fused-ring (bicyclic) bond motifs is 1. The molecule has 4 nitrogen and oxygen atoms in total. The monoisotopic (exact) mass is 258 g/mol. The number of benzene rings is 1. The first-order valence-electron chi connectivity index (χ1n) is 6.56. The van der Waals surface area contributed by atoms with Crippen molar-refractivity contribution in [3.63, 3.8) is 0 Å². The molecule has 1 aromatic heterocycles. The molecule has 19 heavy (non-hydrogen) atoms. The average Bonchev–Trinajstić information content (AvgIpc) is 2.70. The van der Waals surface area contributed by atoms with E-state index in [0.29, 0.717) is 0 Å². The van der Waals surface area contributed by atoms with Gasteiger partial charge in [0.15, 0.2) is 11.5 Å². The number of anilines is 1. The van der Waals surface area contributed by atoms with E-state index < -0.39 is 0 Å². The van der Waals surface area contributed by atoms with Crippen molar-refractivity contribution in [3.8, 4) is 11.5 Å². The van der Waals surface area contributed by atoms with Gasteiger partial charge < -0.3 is 19.4 Å². The third-order valence-electron chi connectivity index (χ3n) is 3.14. The second kappa shape index (κ2) is 5.26. The van der Waals surface area contributed by atoms with Crippen LogP contribution < -0.4 is 14.8 Å². The third kappa shape index (κ3) is 2.84. The standard InChI is InChI=1S/C15H18N2O2/c1-17-6-5-12(11-17)10-16-13-3-4-14-15(9-13)19-8-2-7-18-14/h3-6,9,11,16H,2,7-8,10H2,1H3. The lowest BCUT2D eigenvalue weighted by Crippen LogP contribution is -1.99. The summed E-state index contributed by atoms with van der Waals surface area (Å²) in [5.41, 5.74) is 2.31. The molecule has 0 saturated heterocycles. The van der Waals surface area contributed by atoms with Crippen molar-refractivity contribution < 1.29 is 9.47 Å². The molecular weight excluding hydrogens is 240 g/mol. The molecule has 1 aromatic carbocycles. The summed E-state index contributed by atoms with van der Waals surface area (Å²) in [5, 5.41) is 3.40. The molecule has 0 unspecified atom stereocenters. The van der Waals surface area contributed by atoms with Crippen molar-refractivity contribution in [2.45, 2.75) is 13.0 Å². The molecule has 0 bridgehead atoms. The van der Waals surface area contributed by atoms with Gasteiger partial charge in [-0.15, -0.1) is 0 Å². The van der Waals surface area contributed by atoms with Crippen LogP contribution >= 0.6 is 0 Å². The summed E-state index contributed by atoms with van der Waals surface area (Å²) < 4.78 is 13.3. The number of aryl methyl sites for hydroxylation is 1. The van der Waals surface area contributed by atoms with Gasteiger partial charge in [0.25, 0.3) is 0 Å². The smallest absolute Gasteiger partial charge is 0.163 e. The Bertz CT molecular complexity index is 563. The van der Waals surface area contributed by atoms with Crippen LogP contribution in [0.2, 0.25) is 0 Å². The highest BCUT2D eigenvalue weighted by atomic mass is 16.5. The van der Waals surface area contributed by atoms with Gasteiger partial charge in [-0.2, -0.15) is 0 Å². The van der Waals surface area contributed by atoms with Crippen molar-refractivity contribution in [2.75, 3.05) is 18.5 Å². The minimum Gasteiger partial charge on any atom is -0.490 e. The van der Waals surface area contributed by atoms with Crippen LogP contribution in [0.15, 0.2) is 36.7 Å². The Balaban J connectivity index is 1.69. The summed E-state index contributed by atoms with van der Waals surface area (Å²) in [4.78, 5) is 0. The van der Waals surface area contributed by atoms with Crippen molar-refractivity contribution >= 4 is 5.69 Å². The Morgan fingerprint density at radius 1 is 1.16 bits per heavy atom. The number of aromatic nitrogens is 1. The quantitative estimate of drug-likeness (QED) is 0.919. The van der Waals surface area contributed by atoms with Crippen LogP contribution in [-0.4, -0.2) is 17.8 Å². The molecule has 0 spiro atoms. The van der Waals surface area contributed by atoms with Gasteiger partial charge in [-0.05, 0) is 23.8 Å². The molecule has 100 valence electrons. The largest absolute Gasteiger partial charge is 0.490 e. The van der Waals surface area contributed by atoms with E-state index in [9.17, 15) is 0 Å². The molecule has 1 aliphatic rings. The minimum absolute atomic E-state index is 0.717. The summed E-state index contributed by atoms with van der Waals surface area (Å²) in [5.74, 6) is 1.67. The van der Waals surface area contributed by atoms with Gasteiger partial charge in [-0.25, -0.2) is 0 Å². The maximum Gasteiger partial charge on any atom is 0.163 e. The molecule has 1 N–H and O–H groups in total. The molecule has 1 aliphatic heterocycles.